The summed E-state index contributed by atoms with van der Waals surface area (Å²) in [5.74, 6) is -0.162. The molecule has 0 fully saturated rings. The number of aromatic nitrogens is 4. The highest BCUT2D eigenvalue weighted by molar-refractivity contribution is 9.10. The maximum Gasteiger partial charge on any atom is 0.272 e. The summed E-state index contributed by atoms with van der Waals surface area (Å²) in [6, 6.07) is 0. The molecule has 0 saturated heterocycles. The average molecular weight is 433 g/mol. The van der Waals surface area contributed by atoms with Crippen molar-refractivity contribution >= 4 is 37.8 Å². The van der Waals surface area contributed by atoms with Crippen molar-refractivity contribution in [3.8, 4) is 0 Å². The van der Waals surface area contributed by atoms with Crippen LogP contribution >= 0.6 is 31.9 Å². The first-order valence-electron chi connectivity index (χ1n) is 6.99. The van der Waals surface area contributed by atoms with Crippen molar-refractivity contribution in [1.29, 1.82) is 0 Å². The molecule has 6 nitrogen and oxygen atoms in total. The Kier molecular flexibility index (Phi) is 5.44. The molecule has 0 bridgehead atoms. The smallest absolute Gasteiger partial charge is 0.272 e. The van der Waals surface area contributed by atoms with Crippen LogP contribution in [0.3, 0.4) is 0 Å². The molecule has 2 aromatic heterocycles. The second-order valence-corrected chi connectivity index (χ2v) is 6.78. The molecular weight excluding hydrogens is 414 g/mol. The van der Waals surface area contributed by atoms with E-state index in [1.807, 2.05) is 32.5 Å². The van der Waals surface area contributed by atoms with E-state index in [9.17, 15) is 4.79 Å². The van der Waals surface area contributed by atoms with Crippen molar-refractivity contribution in [2.75, 3.05) is 6.54 Å². The summed E-state index contributed by atoms with van der Waals surface area (Å²) in [6.45, 7) is 7.25. The Balaban J connectivity index is 1.87. The Hall–Kier alpha value is -1.15. The molecule has 0 spiro atoms. The lowest BCUT2D eigenvalue weighted by molar-refractivity contribution is 0.0946. The van der Waals surface area contributed by atoms with E-state index >= 15 is 0 Å². The van der Waals surface area contributed by atoms with E-state index in [0.29, 0.717) is 12.2 Å². The van der Waals surface area contributed by atoms with Crippen LogP contribution in [0, 0.1) is 20.8 Å². The summed E-state index contributed by atoms with van der Waals surface area (Å²) in [5.41, 5.74) is 3.44. The largest absolute Gasteiger partial charge is 0.351 e. The molecule has 2 rings (SSSR count). The van der Waals surface area contributed by atoms with Crippen LogP contribution in [0.15, 0.2) is 8.95 Å². The van der Waals surface area contributed by atoms with Gasteiger partial charge < -0.3 is 5.32 Å². The number of amides is 1. The van der Waals surface area contributed by atoms with Gasteiger partial charge in [-0.3, -0.25) is 14.2 Å². The predicted molar refractivity (Wildman–Crippen MR) is 92.0 cm³/mol. The van der Waals surface area contributed by atoms with Crippen LogP contribution in [-0.4, -0.2) is 32.0 Å². The van der Waals surface area contributed by atoms with Crippen molar-refractivity contribution in [3.05, 3.63) is 31.7 Å². The zero-order valence-electron chi connectivity index (χ0n) is 13.1. The van der Waals surface area contributed by atoms with E-state index in [4.69, 9.17) is 0 Å². The van der Waals surface area contributed by atoms with Crippen LogP contribution in [-0.2, 0) is 13.6 Å². The van der Waals surface area contributed by atoms with E-state index in [0.717, 1.165) is 39.0 Å². The van der Waals surface area contributed by atoms with E-state index < -0.39 is 0 Å². The maximum atomic E-state index is 12.1. The highest BCUT2D eigenvalue weighted by Gasteiger charge is 2.17. The number of hydrogen-bond donors (Lipinski definition) is 1. The molecule has 22 heavy (non-hydrogen) atoms. The molecular formula is C14H19Br2N5O. The minimum atomic E-state index is -0.162. The average Bonchev–Trinajstić information content (AvgIpc) is 2.88. The molecule has 120 valence electrons. The molecule has 0 aliphatic heterocycles. The van der Waals surface area contributed by atoms with Crippen molar-refractivity contribution in [3.63, 3.8) is 0 Å². The quantitative estimate of drug-likeness (QED) is 0.738. The molecule has 0 saturated carbocycles. The molecule has 0 atom stereocenters. The Bertz CT molecular complexity index is 705. The summed E-state index contributed by atoms with van der Waals surface area (Å²) in [5, 5.41) is 11.6. The molecule has 8 heteroatoms. The summed E-state index contributed by atoms with van der Waals surface area (Å²) in [4.78, 5) is 12.1. The topological polar surface area (TPSA) is 64.7 Å². The molecule has 0 unspecified atom stereocenters. The Morgan fingerprint density at radius 2 is 1.82 bits per heavy atom. The zero-order chi connectivity index (χ0) is 16.4. The number of nitrogens with one attached hydrogen (secondary N) is 1. The number of carbonyl (C=O) groups excluding carboxylic acids is 1. The lowest BCUT2D eigenvalue weighted by atomic mass is 10.3. The minimum absolute atomic E-state index is 0.162. The van der Waals surface area contributed by atoms with Crippen LogP contribution < -0.4 is 5.32 Å². The van der Waals surface area contributed by atoms with Crippen LogP contribution in [0.1, 0.15) is 34.0 Å². The fourth-order valence-corrected chi connectivity index (χ4v) is 2.93. The van der Waals surface area contributed by atoms with E-state index in [2.05, 4.69) is 47.4 Å². The van der Waals surface area contributed by atoms with Gasteiger partial charge in [0.15, 0.2) is 5.69 Å². The molecule has 0 aromatic carbocycles. The van der Waals surface area contributed by atoms with Crippen LogP contribution in [0.5, 0.6) is 0 Å². The van der Waals surface area contributed by atoms with Gasteiger partial charge in [0.25, 0.3) is 5.91 Å². The Labute approximate surface area is 146 Å². The van der Waals surface area contributed by atoms with Gasteiger partial charge in [-0.25, -0.2) is 0 Å². The van der Waals surface area contributed by atoms with Crippen LogP contribution in [0.25, 0.3) is 0 Å². The molecule has 1 amide bonds. The third-order valence-electron chi connectivity index (χ3n) is 3.60. The number of carbonyl (C=O) groups is 1. The number of rotatable bonds is 5. The van der Waals surface area contributed by atoms with Crippen molar-refractivity contribution < 1.29 is 4.79 Å². The highest BCUT2D eigenvalue weighted by Crippen LogP contribution is 2.20. The predicted octanol–water partition coefficient (Wildman–Crippen LogP) is 2.89. The fourth-order valence-electron chi connectivity index (χ4n) is 2.13. The molecule has 1 N–H and O–H groups in total. The highest BCUT2D eigenvalue weighted by atomic mass is 79.9. The van der Waals surface area contributed by atoms with Crippen molar-refractivity contribution in [2.45, 2.75) is 33.7 Å². The lowest BCUT2D eigenvalue weighted by Crippen LogP contribution is -2.26. The molecule has 0 aliphatic rings. The van der Waals surface area contributed by atoms with Crippen LogP contribution in [0.2, 0.25) is 0 Å². The first-order chi connectivity index (χ1) is 10.3. The summed E-state index contributed by atoms with van der Waals surface area (Å²) >= 11 is 6.91. The number of aryl methyl sites for hydroxylation is 3. The van der Waals surface area contributed by atoms with Gasteiger partial charge in [-0.05, 0) is 59.1 Å². The Morgan fingerprint density at radius 3 is 2.32 bits per heavy atom. The zero-order valence-corrected chi connectivity index (χ0v) is 16.2. The first-order valence-corrected chi connectivity index (χ1v) is 8.58. The lowest BCUT2D eigenvalue weighted by Gasteiger charge is -2.06. The molecule has 2 heterocycles. The third-order valence-corrected chi connectivity index (χ3v) is 5.70. The van der Waals surface area contributed by atoms with E-state index in [-0.39, 0.29) is 5.91 Å². The summed E-state index contributed by atoms with van der Waals surface area (Å²) in [7, 11) is 1.82. The number of hydrogen-bond acceptors (Lipinski definition) is 3. The summed E-state index contributed by atoms with van der Waals surface area (Å²) in [6.07, 6.45) is 0.809. The van der Waals surface area contributed by atoms with Gasteiger partial charge >= 0.3 is 0 Å². The van der Waals surface area contributed by atoms with Crippen molar-refractivity contribution in [1.82, 2.24) is 24.9 Å². The van der Waals surface area contributed by atoms with Gasteiger partial charge in [0, 0.05) is 25.8 Å². The van der Waals surface area contributed by atoms with E-state index in [1.54, 1.807) is 4.68 Å². The van der Waals surface area contributed by atoms with Gasteiger partial charge in [-0.2, -0.15) is 10.2 Å². The number of nitrogens with zero attached hydrogens (tertiary/aromatic N) is 4. The second-order valence-electron chi connectivity index (χ2n) is 5.19. The fraction of sp³-hybridized carbons (Fsp3) is 0.500. The summed E-state index contributed by atoms with van der Waals surface area (Å²) < 4.78 is 5.43. The molecule has 0 radical (unpaired) electrons. The molecule has 0 aliphatic carbocycles. The van der Waals surface area contributed by atoms with Crippen molar-refractivity contribution in [2.24, 2.45) is 7.05 Å². The van der Waals surface area contributed by atoms with Gasteiger partial charge in [-0.1, -0.05) is 0 Å². The van der Waals surface area contributed by atoms with Gasteiger partial charge in [0.1, 0.15) is 0 Å². The first kappa shape index (κ1) is 17.2. The SMILES string of the molecule is Cc1nn(CCCNC(=O)c2nn(C)c(C)c2Br)c(C)c1Br. The number of halogens is 2. The van der Waals surface area contributed by atoms with Gasteiger partial charge in [0.2, 0.25) is 0 Å². The van der Waals surface area contributed by atoms with Gasteiger partial charge in [-0.15, -0.1) is 0 Å². The standard InChI is InChI=1S/C14H19Br2N5O/c1-8-11(15)10(3)21(18-8)7-5-6-17-14(22)13-12(16)9(2)20(4)19-13/h5-7H2,1-4H3,(H,17,22). The normalized spacial score (nSPS) is 11.0. The minimum Gasteiger partial charge on any atom is -0.351 e. The van der Waals surface area contributed by atoms with E-state index in [1.165, 1.54) is 0 Å². The maximum absolute atomic E-state index is 12.1. The van der Waals surface area contributed by atoms with Gasteiger partial charge in [0.05, 0.1) is 20.3 Å². The molecule has 2 aromatic rings. The van der Waals surface area contributed by atoms with Crippen LogP contribution in [0.4, 0.5) is 0 Å². The third kappa shape index (κ3) is 3.43. The Morgan fingerprint density at radius 1 is 1.14 bits per heavy atom. The second kappa shape index (κ2) is 6.95. The monoisotopic (exact) mass is 431 g/mol.